The van der Waals surface area contributed by atoms with E-state index in [-0.39, 0.29) is 17.2 Å². The molecule has 1 saturated heterocycles. The largest absolute Gasteiger partial charge is 0.329 e. The Morgan fingerprint density at radius 2 is 1.95 bits per heavy atom. The standard InChI is InChI=1S/C8H7NO4S.C6H14N2/c10-8-4-5-3-6(14(11,12)13)1-2-7(5)9-8;7-3-6-8-4-1-2-5-8/h1-3H,4H2,(H,9,10)(H,11,12,13);1-7H2. The number of amides is 1. The summed E-state index contributed by atoms with van der Waals surface area (Å²) in [5.41, 5.74) is 6.55. The van der Waals surface area contributed by atoms with Crippen molar-refractivity contribution in [1.82, 2.24) is 4.90 Å². The summed E-state index contributed by atoms with van der Waals surface area (Å²) >= 11 is 0. The van der Waals surface area contributed by atoms with E-state index in [0.29, 0.717) is 11.3 Å². The molecule has 0 radical (unpaired) electrons. The van der Waals surface area contributed by atoms with Gasteiger partial charge in [0.15, 0.2) is 0 Å². The zero-order valence-electron chi connectivity index (χ0n) is 12.3. The molecule has 7 nitrogen and oxygen atoms in total. The van der Waals surface area contributed by atoms with E-state index in [0.717, 1.165) is 13.1 Å². The molecule has 2 heterocycles. The van der Waals surface area contributed by atoms with Crippen molar-refractivity contribution in [3.8, 4) is 0 Å². The molecule has 3 rings (SSSR count). The van der Waals surface area contributed by atoms with E-state index in [4.69, 9.17) is 10.3 Å². The molecule has 1 amide bonds. The van der Waals surface area contributed by atoms with E-state index < -0.39 is 10.1 Å². The molecular weight excluding hydrogens is 306 g/mol. The van der Waals surface area contributed by atoms with Crippen molar-refractivity contribution >= 4 is 21.7 Å². The highest BCUT2D eigenvalue weighted by Gasteiger charge is 2.20. The first-order chi connectivity index (χ1) is 10.4. The third-order valence-electron chi connectivity index (χ3n) is 3.64. The summed E-state index contributed by atoms with van der Waals surface area (Å²) in [5.74, 6) is -0.174. The van der Waals surface area contributed by atoms with Gasteiger partial charge in [-0.05, 0) is 49.7 Å². The lowest BCUT2D eigenvalue weighted by Crippen LogP contribution is -2.26. The van der Waals surface area contributed by atoms with E-state index in [9.17, 15) is 13.2 Å². The maximum absolute atomic E-state index is 10.9. The van der Waals surface area contributed by atoms with E-state index in [1.165, 1.54) is 44.1 Å². The first kappa shape index (κ1) is 16.9. The predicted octanol–water partition coefficient (Wildman–Crippen LogP) is 0.469. The van der Waals surface area contributed by atoms with Gasteiger partial charge in [0, 0.05) is 18.8 Å². The molecule has 0 spiro atoms. The van der Waals surface area contributed by atoms with Gasteiger partial charge in [-0.1, -0.05) is 0 Å². The summed E-state index contributed by atoms with van der Waals surface area (Å²) in [4.78, 5) is 13.2. The van der Waals surface area contributed by atoms with Crippen LogP contribution in [-0.4, -0.2) is 50.0 Å². The number of nitrogens with two attached hydrogens (primary N) is 1. The smallest absolute Gasteiger partial charge is 0.294 e. The Morgan fingerprint density at radius 3 is 2.55 bits per heavy atom. The molecule has 2 aliphatic heterocycles. The number of rotatable bonds is 3. The Hall–Kier alpha value is -1.48. The van der Waals surface area contributed by atoms with Crippen LogP contribution in [0.1, 0.15) is 18.4 Å². The number of anilines is 1. The van der Waals surface area contributed by atoms with Gasteiger partial charge in [-0.2, -0.15) is 8.42 Å². The highest BCUT2D eigenvalue weighted by Crippen LogP contribution is 2.25. The quantitative estimate of drug-likeness (QED) is 0.696. The average molecular weight is 327 g/mol. The van der Waals surface area contributed by atoms with Crippen molar-refractivity contribution < 1.29 is 17.8 Å². The van der Waals surface area contributed by atoms with E-state index >= 15 is 0 Å². The minimum absolute atomic E-state index is 0.151. The number of hydrogen-bond acceptors (Lipinski definition) is 5. The molecule has 1 fully saturated rings. The summed E-state index contributed by atoms with van der Waals surface area (Å²) in [6.45, 7) is 4.47. The average Bonchev–Trinajstić information content (AvgIpc) is 3.06. The molecule has 0 bridgehead atoms. The van der Waals surface area contributed by atoms with Gasteiger partial charge in [0.25, 0.3) is 10.1 Å². The summed E-state index contributed by atoms with van der Waals surface area (Å²) < 4.78 is 30.3. The molecule has 4 N–H and O–H groups in total. The van der Waals surface area contributed by atoms with Crippen molar-refractivity contribution in [3.05, 3.63) is 23.8 Å². The second-order valence-electron chi connectivity index (χ2n) is 5.36. The lowest BCUT2D eigenvalue weighted by molar-refractivity contribution is -0.115. The molecule has 8 heteroatoms. The van der Waals surface area contributed by atoms with Crippen LogP contribution in [0.4, 0.5) is 5.69 Å². The number of nitrogens with zero attached hydrogens (tertiary/aromatic N) is 1. The van der Waals surface area contributed by atoms with Crippen LogP contribution in [0.15, 0.2) is 23.1 Å². The Bertz CT molecular complexity index is 639. The monoisotopic (exact) mass is 327 g/mol. The molecule has 22 heavy (non-hydrogen) atoms. The van der Waals surface area contributed by atoms with Crippen molar-refractivity contribution in [2.75, 3.05) is 31.5 Å². The second-order valence-corrected chi connectivity index (χ2v) is 6.78. The zero-order valence-corrected chi connectivity index (χ0v) is 13.1. The van der Waals surface area contributed by atoms with Gasteiger partial charge in [0.1, 0.15) is 0 Å². The van der Waals surface area contributed by atoms with Gasteiger partial charge < -0.3 is 16.0 Å². The van der Waals surface area contributed by atoms with E-state index in [2.05, 4.69) is 10.2 Å². The third kappa shape index (κ3) is 4.51. The van der Waals surface area contributed by atoms with Crippen LogP contribution in [0.25, 0.3) is 0 Å². The number of carbonyl (C=O) groups excluding carboxylic acids is 1. The van der Waals surface area contributed by atoms with Gasteiger partial charge in [-0.15, -0.1) is 0 Å². The number of nitrogens with one attached hydrogen (secondary N) is 1. The van der Waals surface area contributed by atoms with Gasteiger partial charge in [-0.3, -0.25) is 9.35 Å². The van der Waals surface area contributed by atoms with Crippen molar-refractivity contribution in [2.45, 2.75) is 24.2 Å². The second kappa shape index (κ2) is 7.19. The van der Waals surface area contributed by atoms with E-state index in [1.54, 1.807) is 0 Å². The van der Waals surface area contributed by atoms with Crippen LogP contribution in [0.3, 0.4) is 0 Å². The number of fused-ring (bicyclic) bond motifs is 1. The third-order valence-corrected chi connectivity index (χ3v) is 4.49. The minimum atomic E-state index is -4.18. The molecule has 2 aliphatic rings. The van der Waals surface area contributed by atoms with Crippen LogP contribution in [0, 0.1) is 0 Å². The number of likely N-dealkylation sites (tertiary alicyclic amines) is 1. The fourth-order valence-electron chi connectivity index (χ4n) is 2.55. The molecule has 0 saturated carbocycles. The van der Waals surface area contributed by atoms with Gasteiger partial charge in [0.05, 0.1) is 11.3 Å². The highest BCUT2D eigenvalue weighted by atomic mass is 32.2. The molecule has 0 unspecified atom stereocenters. The fraction of sp³-hybridized carbons (Fsp3) is 0.500. The lowest BCUT2D eigenvalue weighted by atomic mass is 10.2. The van der Waals surface area contributed by atoms with Crippen molar-refractivity contribution in [2.24, 2.45) is 5.73 Å². The SMILES string of the molecule is NCCN1CCCC1.O=C1Cc2cc(S(=O)(=O)O)ccc2N1. The van der Waals surface area contributed by atoms with Gasteiger partial charge in [-0.25, -0.2) is 0 Å². The predicted molar refractivity (Wildman–Crippen MR) is 83.3 cm³/mol. The van der Waals surface area contributed by atoms with Crippen LogP contribution in [-0.2, 0) is 21.3 Å². The number of carbonyl (C=O) groups is 1. The Labute approximate surface area is 130 Å². The molecule has 0 aliphatic carbocycles. The summed E-state index contributed by atoms with van der Waals surface area (Å²) in [5, 5.41) is 2.56. The first-order valence-electron chi connectivity index (χ1n) is 7.23. The summed E-state index contributed by atoms with van der Waals surface area (Å²) in [6, 6.07) is 4.01. The first-order valence-corrected chi connectivity index (χ1v) is 8.67. The van der Waals surface area contributed by atoms with Crippen LogP contribution in [0.5, 0.6) is 0 Å². The topological polar surface area (TPSA) is 113 Å². The summed E-state index contributed by atoms with van der Waals surface area (Å²) in [7, 11) is -4.18. The molecule has 122 valence electrons. The maximum atomic E-state index is 10.9. The van der Waals surface area contributed by atoms with E-state index in [1.807, 2.05) is 0 Å². The van der Waals surface area contributed by atoms with Gasteiger partial charge >= 0.3 is 0 Å². The lowest BCUT2D eigenvalue weighted by Gasteiger charge is -2.11. The zero-order chi connectivity index (χ0) is 16.2. The Kier molecular flexibility index (Phi) is 5.52. The van der Waals surface area contributed by atoms with Crippen molar-refractivity contribution in [3.63, 3.8) is 0 Å². The molecular formula is C14H21N3O4S. The van der Waals surface area contributed by atoms with Crippen LogP contribution >= 0.6 is 0 Å². The molecule has 1 aromatic carbocycles. The number of hydrogen-bond donors (Lipinski definition) is 3. The molecule has 0 aromatic heterocycles. The minimum Gasteiger partial charge on any atom is -0.329 e. The summed E-state index contributed by atoms with van der Waals surface area (Å²) in [6.07, 6.45) is 2.90. The molecule has 1 aromatic rings. The highest BCUT2D eigenvalue weighted by molar-refractivity contribution is 7.85. The van der Waals surface area contributed by atoms with Crippen molar-refractivity contribution in [1.29, 1.82) is 0 Å². The Morgan fingerprint density at radius 1 is 1.27 bits per heavy atom. The fourth-order valence-corrected chi connectivity index (χ4v) is 3.09. The Balaban J connectivity index is 0.000000188. The molecule has 0 atom stereocenters. The maximum Gasteiger partial charge on any atom is 0.294 e. The van der Waals surface area contributed by atoms with Crippen LogP contribution in [0.2, 0.25) is 0 Å². The number of benzene rings is 1. The van der Waals surface area contributed by atoms with Crippen LogP contribution < -0.4 is 11.1 Å². The van der Waals surface area contributed by atoms with Gasteiger partial charge in [0.2, 0.25) is 5.91 Å². The normalized spacial score (nSPS) is 17.6.